The first-order chi connectivity index (χ1) is 8.55. The van der Waals surface area contributed by atoms with E-state index in [-0.39, 0.29) is 6.10 Å². The van der Waals surface area contributed by atoms with Gasteiger partial charge in [0.2, 0.25) is 0 Å². The van der Waals surface area contributed by atoms with Crippen molar-refractivity contribution in [3.8, 4) is 0 Å². The Morgan fingerprint density at radius 1 is 1.00 bits per heavy atom. The van der Waals surface area contributed by atoms with E-state index < -0.39 is 0 Å². The summed E-state index contributed by atoms with van der Waals surface area (Å²) in [6.45, 7) is 12.9. The number of hydrogen-bond acceptors (Lipinski definition) is 4. The Kier molecular flexibility index (Phi) is 5.01. The van der Waals surface area contributed by atoms with E-state index in [2.05, 4.69) is 29.0 Å². The fourth-order valence-electron chi connectivity index (χ4n) is 2.89. The number of nitrogens with zero attached hydrogens (tertiary/aromatic N) is 2. The van der Waals surface area contributed by atoms with Crippen molar-refractivity contribution in [2.75, 3.05) is 52.4 Å². The van der Waals surface area contributed by atoms with Crippen molar-refractivity contribution >= 4 is 0 Å². The van der Waals surface area contributed by atoms with Crippen molar-refractivity contribution in [2.24, 2.45) is 5.41 Å². The van der Waals surface area contributed by atoms with Crippen molar-refractivity contribution in [2.45, 2.75) is 32.8 Å². The van der Waals surface area contributed by atoms with E-state index in [1.807, 2.05) is 0 Å². The van der Waals surface area contributed by atoms with Crippen LogP contribution in [0.5, 0.6) is 0 Å². The zero-order valence-electron chi connectivity index (χ0n) is 12.0. The van der Waals surface area contributed by atoms with Gasteiger partial charge in [-0.3, -0.25) is 4.90 Å². The zero-order valence-corrected chi connectivity index (χ0v) is 12.0. The molecule has 0 bridgehead atoms. The number of aliphatic hydroxyl groups excluding tert-OH is 1. The molecular formula is C14H29N3O. The summed E-state index contributed by atoms with van der Waals surface area (Å²) >= 11 is 0. The van der Waals surface area contributed by atoms with Crippen molar-refractivity contribution in [3.63, 3.8) is 0 Å². The van der Waals surface area contributed by atoms with Gasteiger partial charge in [0, 0.05) is 39.3 Å². The number of rotatable bonds is 4. The fourth-order valence-corrected chi connectivity index (χ4v) is 2.89. The summed E-state index contributed by atoms with van der Waals surface area (Å²) in [4.78, 5) is 4.80. The van der Waals surface area contributed by atoms with E-state index in [0.29, 0.717) is 5.41 Å². The lowest BCUT2D eigenvalue weighted by Gasteiger charge is -2.38. The molecule has 2 fully saturated rings. The van der Waals surface area contributed by atoms with Gasteiger partial charge in [-0.25, -0.2) is 0 Å². The molecule has 106 valence electrons. The van der Waals surface area contributed by atoms with Gasteiger partial charge in [-0.1, -0.05) is 13.8 Å². The van der Waals surface area contributed by atoms with Crippen molar-refractivity contribution < 1.29 is 5.11 Å². The second kappa shape index (κ2) is 6.33. The van der Waals surface area contributed by atoms with Crippen LogP contribution in [0.1, 0.15) is 26.7 Å². The Morgan fingerprint density at radius 3 is 2.06 bits per heavy atom. The Hall–Kier alpha value is -0.160. The second-order valence-corrected chi connectivity index (χ2v) is 6.67. The Bertz CT molecular complexity index is 241. The van der Waals surface area contributed by atoms with E-state index >= 15 is 0 Å². The summed E-state index contributed by atoms with van der Waals surface area (Å²) in [6, 6.07) is 0. The van der Waals surface area contributed by atoms with Gasteiger partial charge in [-0.15, -0.1) is 0 Å². The lowest BCUT2D eigenvalue weighted by Crippen LogP contribution is -2.49. The molecule has 1 unspecified atom stereocenters. The van der Waals surface area contributed by atoms with E-state index in [1.54, 1.807) is 0 Å². The monoisotopic (exact) mass is 255 g/mol. The molecule has 4 heteroatoms. The van der Waals surface area contributed by atoms with Gasteiger partial charge >= 0.3 is 0 Å². The number of aliphatic hydroxyl groups is 1. The van der Waals surface area contributed by atoms with Crippen LogP contribution in [0.3, 0.4) is 0 Å². The fraction of sp³-hybridized carbons (Fsp3) is 1.00. The number of nitrogens with one attached hydrogen (secondary N) is 1. The maximum atomic E-state index is 10.2. The molecule has 2 heterocycles. The van der Waals surface area contributed by atoms with Crippen LogP contribution < -0.4 is 5.32 Å². The highest BCUT2D eigenvalue weighted by molar-refractivity contribution is 4.81. The van der Waals surface area contributed by atoms with Crippen molar-refractivity contribution in [1.82, 2.24) is 15.1 Å². The molecule has 2 saturated heterocycles. The van der Waals surface area contributed by atoms with E-state index in [4.69, 9.17) is 0 Å². The maximum Gasteiger partial charge on any atom is 0.0793 e. The predicted molar refractivity (Wildman–Crippen MR) is 74.8 cm³/mol. The van der Waals surface area contributed by atoms with Crippen LogP contribution in [-0.2, 0) is 0 Å². The molecule has 0 aromatic rings. The van der Waals surface area contributed by atoms with Gasteiger partial charge in [-0.2, -0.15) is 0 Å². The minimum absolute atomic E-state index is 0.190. The third kappa shape index (κ3) is 4.50. The number of hydrogen-bond donors (Lipinski definition) is 2. The second-order valence-electron chi connectivity index (χ2n) is 6.67. The Labute approximate surface area is 111 Å². The molecule has 4 nitrogen and oxygen atoms in total. The predicted octanol–water partition coefficient (Wildman–Crippen LogP) is 0.375. The summed E-state index contributed by atoms with van der Waals surface area (Å²) in [5.41, 5.74) is 0.500. The van der Waals surface area contributed by atoms with Gasteiger partial charge in [-0.05, 0) is 31.3 Å². The van der Waals surface area contributed by atoms with E-state index in [0.717, 1.165) is 52.4 Å². The molecule has 2 N–H and O–H groups in total. The number of likely N-dealkylation sites (tertiary alicyclic amines) is 1. The van der Waals surface area contributed by atoms with E-state index in [1.165, 1.54) is 12.8 Å². The molecule has 2 aliphatic heterocycles. The van der Waals surface area contributed by atoms with Gasteiger partial charge in [0.25, 0.3) is 0 Å². The van der Waals surface area contributed by atoms with Crippen LogP contribution in [0.2, 0.25) is 0 Å². The van der Waals surface area contributed by atoms with E-state index in [9.17, 15) is 5.11 Å². The normalized spacial score (nSPS) is 28.2. The summed E-state index contributed by atoms with van der Waals surface area (Å²) in [5, 5.41) is 13.5. The molecule has 0 amide bonds. The number of piperazine rings is 1. The Morgan fingerprint density at radius 2 is 1.50 bits per heavy atom. The van der Waals surface area contributed by atoms with Crippen LogP contribution in [0.15, 0.2) is 0 Å². The molecule has 1 atom stereocenters. The van der Waals surface area contributed by atoms with Crippen molar-refractivity contribution in [1.29, 1.82) is 0 Å². The highest BCUT2D eigenvalue weighted by Crippen LogP contribution is 2.29. The molecule has 0 aromatic heterocycles. The SMILES string of the molecule is CC1(C)CCN(CC(O)CN2CCNCC2)CC1. The first-order valence-electron chi connectivity index (χ1n) is 7.39. The highest BCUT2D eigenvalue weighted by Gasteiger charge is 2.26. The van der Waals surface area contributed by atoms with Crippen LogP contribution in [-0.4, -0.2) is 73.4 Å². The smallest absolute Gasteiger partial charge is 0.0793 e. The van der Waals surface area contributed by atoms with Gasteiger partial charge in [0.15, 0.2) is 0 Å². The molecule has 0 aliphatic carbocycles. The third-order valence-electron chi connectivity index (χ3n) is 4.36. The minimum Gasteiger partial charge on any atom is -0.390 e. The first-order valence-corrected chi connectivity index (χ1v) is 7.39. The van der Waals surface area contributed by atoms with Gasteiger partial charge in [0.1, 0.15) is 0 Å². The first kappa shape index (κ1) is 14.3. The zero-order chi connectivity index (χ0) is 13.0. The van der Waals surface area contributed by atoms with Crippen LogP contribution in [0.25, 0.3) is 0 Å². The third-order valence-corrected chi connectivity index (χ3v) is 4.36. The largest absolute Gasteiger partial charge is 0.390 e. The topological polar surface area (TPSA) is 38.7 Å². The highest BCUT2D eigenvalue weighted by atomic mass is 16.3. The van der Waals surface area contributed by atoms with Gasteiger partial charge in [0.05, 0.1) is 6.10 Å². The molecule has 2 rings (SSSR count). The molecule has 0 aromatic carbocycles. The number of piperidine rings is 1. The average Bonchev–Trinajstić information content (AvgIpc) is 2.33. The Balaban J connectivity index is 1.66. The summed E-state index contributed by atoms with van der Waals surface area (Å²) in [7, 11) is 0. The minimum atomic E-state index is -0.190. The summed E-state index contributed by atoms with van der Waals surface area (Å²) in [6.07, 6.45) is 2.32. The molecule has 0 saturated carbocycles. The summed E-state index contributed by atoms with van der Waals surface area (Å²) < 4.78 is 0. The van der Waals surface area contributed by atoms with Crippen molar-refractivity contribution in [3.05, 3.63) is 0 Å². The summed E-state index contributed by atoms with van der Waals surface area (Å²) in [5.74, 6) is 0. The van der Waals surface area contributed by atoms with Crippen LogP contribution in [0, 0.1) is 5.41 Å². The number of β-amino-alcohol motifs (C(OH)–C–C–N with tert-alkyl or cyclic N) is 1. The van der Waals surface area contributed by atoms with Crippen LogP contribution >= 0.6 is 0 Å². The molecule has 0 radical (unpaired) electrons. The standard InChI is InChI=1S/C14H29N3O/c1-14(2)3-7-16(8-4-14)11-13(18)12-17-9-5-15-6-10-17/h13,15,18H,3-12H2,1-2H3. The maximum absolute atomic E-state index is 10.2. The molecular weight excluding hydrogens is 226 g/mol. The lowest BCUT2D eigenvalue weighted by molar-refractivity contribution is 0.0460. The lowest BCUT2D eigenvalue weighted by atomic mass is 9.82. The quantitative estimate of drug-likeness (QED) is 0.761. The van der Waals surface area contributed by atoms with Gasteiger partial charge < -0.3 is 15.3 Å². The van der Waals surface area contributed by atoms with Crippen LogP contribution in [0.4, 0.5) is 0 Å². The molecule has 2 aliphatic rings. The average molecular weight is 255 g/mol. The molecule has 0 spiro atoms. The molecule has 18 heavy (non-hydrogen) atoms.